The third-order valence-electron chi connectivity index (χ3n) is 4.88. The summed E-state index contributed by atoms with van der Waals surface area (Å²) in [4.78, 5) is 0. The highest BCUT2D eigenvalue weighted by Gasteiger charge is 2.40. The first-order valence-electron chi connectivity index (χ1n) is 6.98. The number of rotatable bonds is 4. The van der Waals surface area contributed by atoms with Crippen LogP contribution in [0.2, 0.25) is 5.02 Å². The van der Waals surface area contributed by atoms with Crippen LogP contribution in [-0.2, 0) is 0 Å². The fourth-order valence-corrected chi connectivity index (χ4v) is 4.19. The zero-order valence-corrected chi connectivity index (χ0v) is 11.4. The molecule has 4 unspecified atom stereocenters. The van der Waals surface area contributed by atoms with E-state index in [1.165, 1.54) is 31.2 Å². The van der Waals surface area contributed by atoms with Crippen molar-refractivity contribution >= 4 is 11.6 Å². The molecule has 3 N–H and O–H groups in total. The number of benzene rings is 1. The van der Waals surface area contributed by atoms with Crippen molar-refractivity contribution in [2.45, 2.75) is 38.1 Å². The van der Waals surface area contributed by atoms with E-state index in [9.17, 15) is 0 Å². The van der Waals surface area contributed by atoms with Crippen LogP contribution < -0.4 is 11.3 Å². The summed E-state index contributed by atoms with van der Waals surface area (Å²) < 4.78 is 0. The maximum absolute atomic E-state index is 6.06. The molecule has 2 fully saturated rings. The summed E-state index contributed by atoms with van der Waals surface area (Å²) in [5, 5.41) is 0.792. The summed E-state index contributed by atoms with van der Waals surface area (Å²) >= 11 is 6.06. The van der Waals surface area contributed by atoms with E-state index < -0.39 is 0 Å². The molecule has 0 saturated heterocycles. The van der Waals surface area contributed by atoms with Crippen molar-refractivity contribution in [2.24, 2.45) is 23.6 Å². The van der Waals surface area contributed by atoms with Gasteiger partial charge in [0.1, 0.15) is 0 Å². The smallest absolute Gasteiger partial charge is 0.0463 e. The Balaban J connectivity index is 1.69. The second-order valence-corrected chi connectivity index (χ2v) is 6.38. The van der Waals surface area contributed by atoms with E-state index in [0.717, 1.165) is 29.2 Å². The molecule has 2 bridgehead atoms. The van der Waals surface area contributed by atoms with Gasteiger partial charge in [-0.3, -0.25) is 11.3 Å². The Morgan fingerprint density at radius 1 is 1.33 bits per heavy atom. The van der Waals surface area contributed by atoms with E-state index in [4.69, 9.17) is 17.4 Å². The predicted octanol–water partition coefficient (Wildman–Crippen LogP) is 3.67. The molecule has 2 nitrogen and oxygen atoms in total. The van der Waals surface area contributed by atoms with Gasteiger partial charge >= 0.3 is 0 Å². The van der Waals surface area contributed by atoms with Gasteiger partial charge < -0.3 is 0 Å². The van der Waals surface area contributed by atoms with Crippen LogP contribution in [0.1, 0.15) is 43.7 Å². The molecule has 3 heteroatoms. The van der Waals surface area contributed by atoms with E-state index in [2.05, 4.69) is 11.5 Å². The lowest BCUT2D eigenvalue weighted by molar-refractivity contribution is 0.280. The second-order valence-electron chi connectivity index (χ2n) is 5.94. The summed E-state index contributed by atoms with van der Waals surface area (Å²) in [5.41, 5.74) is 4.19. The average molecular weight is 265 g/mol. The van der Waals surface area contributed by atoms with Crippen LogP contribution in [-0.4, -0.2) is 0 Å². The van der Waals surface area contributed by atoms with E-state index in [1.54, 1.807) is 0 Å². The molecule has 0 radical (unpaired) electrons. The molecule has 0 heterocycles. The summed E-state index contributed by atoms with van der Waals surface area (Å²) in [5.74, 6) is 8.54. The van der Waals surface area contributed by atoms with Gasteiger partial charge in [-0.05, 0) is 61.1 Å². The van der Waals surface area contributed by atoms with Crippen LogP contribution in [0.25, 0.3) is 0 Å². The molecule has 1 aromatic carbocycles. The van der Waals surface area contributed by atoms with E-state index in [0.29, 0.717) is 0 Å². The molecular weight excluding hydrogens is 244 g/mol. The summed E-state index contributed by atoms with van der Waals surface area (Å²) in [6, 6.07) is 8.30. The number of nitrogens with one attached hydrogen (secondary N) is 1. The Hall–Kier alpha value is -0.570. The number of hydrazine groups is 1. The van der Waals surface area contributed by atoms with Crippen LogP contribution in [0.4, 0.5) is 0 Å². The van der Waals surface area contributed by atoms with Crippen LogP contribution >= 0.6 is 11.6 Å². The Labute approximate surface area is 114 Å². The first-order valence-corrected chi connectivity index (χ1v) is 7.35. The average Bonchev–Trinajstić information content (AvgIpc) is 2.98. The minimum Gasteiger partial charge on any atom is -0.271 e. The standard InChI is InChI=1S/C15H21ClN2/c16-14-3-1-2-12(8-14)15(18-17)9-13-7-10-4-5-11(13)6-10/h1-3,8,10-11,13,15,18H,4-7,9,17H2. The van der Waals surface area contributed by atoms with E-state index >= 15 is 0 Å². The van der Waals surface area contributed by atoms with Crippen molar-refractivity contribution in [2.75, 3.05) is 0 Å². The zero-order valence-electron chi connectivity index (χ0n) is 10.6. The molecule has 4 atom stereocenters. The molecule has 1 aromatic rings. The number of hydrogen-bond donors (Lipinski definition) is 2. The maximum Gasteiger partial charge on any atom is 0.0463 e. The number of fused-ring (bicyclic) bond motifs is 2. The van der Waals surface area contributed by atoms with Crippen molar-refractivity contribution < 1.29 is 0 Å². The van der Waals surface area contributed by atoms with Gasteiger partial charge in [0.2, 0.25) is 0 Å². The van der Waals surface area contributed by atoms with Crippen LogP contribution in [0.3, 0.4) is 0 Å². The number of nitrogens with two attached hydrogens (primary N) is 1. The fraction of sp³-hybridized carbons (Fsp3) is 0.600. The normalized spacial score (nSPS) is 31.8. The van der Waals surface area contributed by atoms with Gasteiger partial charge in [0.25, 0.3) is 0 Å². The molecular formula is C15H21ClN2. The Kier molecular flexibility index (Phi) is 3.60. The molecule has 0 aromatic heterocycles. The molecule has 3 rings (SSSR count). The monoisotopic (exact) mass is 264 g/mol. The Morgan fingerprint density at radius 2 is 2.22 bits per heavy atom. The summed E-state index contributed by atoms with van der Waals surface area (Å²) in [6.07, 6.45) is 6.90. The SMILES string of the molecule is NNC(CC1CC2CCC1C2)c1cccc(Cl)c1. The summed E-state index contributed by atoms with van der Waals surface area (Å²) in [6.45, 7) is 0. The molecule has 2 aliphatic rings. The lowest BCUT2D eigenvalue weighted by Crippen LogP contribution is -2.30. The highest BCUT2D eigenvalue weighted by Crippen LogP contribution is 2.50. The van der Waals surface area contributed by atoms with Crippen molar-refractivity contribution in [1.82, 2.24) is 5.43 Å². The minimum atomic E-state index is 0.244. The molecule has 2 saturated carbocycles. The third-order valence-corrected chi connectivity index (χ3v) is 5.11. The first-order chi connectivity index (χ1) is 8.76. The quantitative estimate of drug-likeness (QED) is 0.643. The van der Waals surface area contributed by atoms with E-state index in [1.807, 2.05) is 18.2 Å². The second kappa shape index (κ2) is 5.20. The first kappa shape index (κ1) is 12.5. The number of hydrogen-bond acceptors (Lipinski definition) is 2. The Morgan fingerprint density at radius 3 is 2.83 bits per heavy atom. The van der Waals surface area contributed by atoms with Crippen molar-refractivity contribution in [3.05, 3.63) is 34.9 Å². The lowest BCUT2D eigenvalue weighted by atomic mass is 9.83. The molecule has 0 amide bonds. The minimum absolute atomic E-state index is 0.244. The van der Waals surface area contributed by atoms with Gasteiger partial charge in [-0.1, -0.05) is 30.2 Å². The summed E-state index contributed by atoms with van der Waals surface area (Å²) in [7, 11) is 0. The number of halogens is 1. The van der Waals surface area contributed by atoms with Crippen LogP contribution in [0, 0.1) is 17.8 Å². The van der Waals surface area contributed by atoms with Crippen molar-refractivity contribution in [1.29, 1.82) is 0 Å². The molecule has 2 aliphatic carbocycles. The highest BCUT2D eigenvalue weighted by molar-refractivity contribution is 6.30. The van der Waals surface area contributed by atoms with Gasteiger partial charge in [0.05, 0.1) is 0 Å². The molecule has 0 aliphatic heterocycles. The maximum atomic E-state index is 6.06. The highest BCUT2D eigenvalue weighted by atomic mass is 35.5. The molecule has 18 heavy (non-hydrogen) atoms. The fourth-order valence-electron chi connectivity index (χ4n) is 3.99. The Bertz CT molecular complexity index is 421. The van der Waals surface area contributed by atoms with E-state index in [-0.39, 0.29) is 6.04 Å². The topological polar surface area (TPSA) is 38.0 Å². The van der Waals surface area contributed by atoms with Gasteiger partial charge in [0.15, 0.2) is 0 Å². The van der Waals surface area contributed by atoms with Gasteiger partial charge in [-0.25, -0.2) is 0 Å². The lowest BCUT2D eigenvalue weighted by Gasteiger charge is -2.26. The predicted molar refractivity (Wildman–Crippen MR) is 75.1 cm³/mol. The van der Waals surface area contributed by atoms with Crippen LogP contribution in [0.5, 0.6) is 0 Å². The van der Waals surface area contributed by atoms with Gasteiger partial charge in [-0.15, -0.1) is 0 Å². The van der Waals surface area contributed by atoms with Crippen LogP contribution in [0.15, 0.2) is 24.3 Å². The third kappa shape index (κ3) is 2.42. The zero-order chi connectivity index (χ0) is 12.5. The van der Waals surface area contributed by atoms with Crippen molar-refractivity contribution in [3.63, 3.8) is 0 Å². The van der Waals surface area contributed by atoms with Gasteiger partial charge in [0, 0.05) is 11.1 Å². The van der Waals surface area contributed by atoms with Crippen molar-refractivity contribution in [3.8, 4) is 0 Å². The molecule has 0 spiro atoms. The van der Waals surface area contributed by atoms with Gasteiger partial charge in [-0.2, -0.15) is 0 Å². The molecule has 98 valence electrons. The largest absolute Gasteiger partial charge is 0.271 e.